The predicted octanol–water partition coefficient (Wildman–Crippen LogP) is 2.98. The van der Waals surface area contributed by atoms with Gasteiger partial charge in [0.25, 0.3) is 0 Å². The Labute approximate surface area is 153 Å². The number of para-hydroxylation sites is 1. The number of imide groups is 2. The van der Waals surface area contributed by atoms with Crippen LogP contribution in [0.15, 0.2) is 42.5 Å². The van der Waals surface area contributed by atoms with Crippen molar-refractivity contribution in [2.75, 3.05) is 7.11 Å². The van der Waals surface area contributed by atoms with Gasteiger partial charge in [0.1, 0.15) is 11.6 Å². The van der Waals surface area contributed by atoms with Crippen molar-refractivity contribution in [2.45, 2.75) is 13.1 Å². The molecule has 3 rings (SSSR count). The molecule has 0 spiro atoms. The van der Waals surface area contributed by atoms with Crippen LogP contribution >= 0.6 is 11.6 Å². The van der Waals surface area contributed by atoms with E-state index in [0.29, 0.717) is 16.2 Å². The van der Waals surface area contributed by atoms with Crippen LogP contribution in [0.4, 0.5) is 9.18 Å². The van der Waals surface area contributed by atoms with Gasteiger partial charge in [0.15, 0.2) is 0 Å². The highest BCUT2D eigenvalue weighted by molar-refractivity contribution is 6.44. The second-order valence-corrected chi connectivity index (χ2v) is 5.98. The average molecular weight is 377 g/mol. The van der Waals surface area contributed by atoms with Crippen molar-refractivity contribution in [3.63, 3.8) is 0 Å². The number of ether oxygens (including phenoxy) is 1. The number of halogens is 2. The Bertz CT molecular complexity index is 882. The van der Waals surface area contributed by atoms with Crippen LogP contribution in [0.25, 0.3) is 0 Å². The van der Waals surface area contributed by atoms with Crippen LogP contribution < -0.4 is 4.74 Å². The molecule has 1 saturated heterocycles. The molecule has 8 heteroatoms. The first-order valence-corrected chi connectivity index (χ1v) is 8.04. The van der Waals surface area contributed by atoms with Gasteiger partial charge in [0.05, 0.1) is 20.2 Å². The van der Waals surface area contributed by atoms with Gasteiger partial charge in [-0.15, -0.1) is 0 Å². The molecule has 0 bridgehead atoms. The Morgan fingerprint density at radius 2 is 1.62 bits per heavy atom. The molecular weight excluding hydrogens is 363 g/mol. The maximum absolute atomic E-state index is 13.9. The molecule has 1 aliphatic heterocycles. The molecule has 6 nitrogen and oxygen atoms in total. The molecule has 1 aliphatic rings. The predicted molar refractivity (Wildman–Crippen MR) is 90.9 cm³/mol. The normalized spacial score (nSPS) is 14.3. The number of benzene rings is 2. The molecular formula is C18H14ClFN2O4. The van der Waals surface area contributed by atoms with Gasteiger partial charge in [-0.2, -0.15) is 0 Å². The third-order valence-electron chi connectivity index (χ3n) is 4.03. The molecule has 0 unspecified atom stereocenters. The monoisotopic (exact) mass is 376 g/mol. The van der Waals surface area contributed by atoms with E-state index in [-0.39, 0.29) is 17.1 Å². The highest BCUT2D eigenvalue weighted by Crippen LogP contribution is 2.26. The fraction of sp³-hybridized carbons (Fsp3) is 0.167. The lowest BCUT2D eigenvalue weighted by atomic mass is 10.2. The van der Waals surface area contributed by atoms with E-state index < -0.39 is 30.2 Å². The fourth-order valence-electron chi connectivity index (χ4n) is 2.67. The van der Waals surface area contributed by atoms with Gasteiger partial charge < -0.3 is 4.74 Å². The van der Waals surface area contributed by atoms with Crippen LogP contribution in [-0.4, -0.2) is 34.8 Å². The van der Waals surface area contributed by atoms with Gasteiger partial charge in [-0.25, -0.2) is 9.18 Å². The maximum atomic E-state index is 13.9. The molecule has 0 N–H and O–H groups in total. The molecule has 26 heavy (non-hydrogen) atoms. The third kappa shape index (κ3) is 3.13. The van der Waals surface area contributed by atoms with E-state index >= 15 is 0 Å². The summed E-state index contributed by atoms with van der Waals surface area (Å²) in [5.41, 5.74) is 0.540. The lowest BCUT2D eigenvalue weighted by molar-refractivity contribution is -0.143. The second-order valence-electron chi connectivity index (χ2n) is 5.58. The first-order valence-electron chi connectivity index (χ1n) is 7.66. The largest absolute Gasteiger partial charge is 0.496 e. The highest BCUT2D eigenvalue weighted by atomic mass is 35.5. The minimum atomic E-state index is -1.02. The quantitative estimate of drug-likeness (QED) is 0.594. The summed E-state index contributed by atoms with van der Waals surface area (Å²) in [7, 11) is 1.46. The number of methoxy groups -OCH3 is 1. The second kappa shape index (κ2) is 7.13. The van der Waals surface area contributed by atoms with Crippen LogP contribution in [-0.2, 0) is 22.7 Å². The topological polar surface area (TPSA) is 66.9 Å². The summed E-state index contributed by atoms with van der Waals surface area (Å²) in [6.07, 6.45) is 0. The molecule has 0 aromatic heterocycles. The summed E-state index contributed by atoms with van der Waals surface area (Å²) in [4.78, 5) is 38.5. The van der Waals surface area contributed by atoms with Gasteiger partial charge in [-0.3, -0.25) is 19.4 Å². The van der Waals surface area contributed by atoms with Gasteiger partial charge >= 0.3 is 17.8 Å². The lowest BCUT2D eigenvalue weighted by Gasteiger charge is -2.17. The Kier molecular flexibility index (Phi) is 4.90. The van der Waals surface area contributed by atoms with E-state index in [1.165, 1.54) is 25.3 Å². The molecule has 0 atom stereocenters. The summed E-state index contributed by atoms with van der Waals surface area (Å²) in [5, 5.41) is 0.0706. The molecule has 2 aromatic carbocycles. The van der Waals surface area contributed by atoms with Gasteiger partial charge in [-0.05, 0) is 18.2 Å². The van der Waals surface area contributed by atoms with Crippen LogP contribution in [0.1, 0.15) is 11.1 Å². The summed E-state index contributed by atoms with van der Waals surface area (Å²) >= 11 is 5.94. The van der Waals surface area contributed by atoms with E-state index in [9.17, 15) is 18.8 Å². The summed E-state index contributed by atoms with van der Waals surface area (Å²) in [6.45, 7) is -0.549. The zero-order valence-corrected chi connectivity index (χ0v) is 14.5. The molecule has 1 heterocycles. The number of urea groups is 1. The van der Waals surface area contributed by atoms with Gasteiger partial charge in [0, 0.05) is 16.1 Å². The van der Waals surface area contributed by atoms with Crippen LogP contribution in [0.3, 0.4) is 0 Å². The lowest BCUT2D eigenvalue weighted by Crippen LogP contribution is -2.33. The first-order chi connectivity index (χ1) is 12.4. The smallest absolute Gasteiger partial charge is 0.334 e. The molecule has 4 amide bonds. The summed E-state index contributed by atoms with van der Waals surface area (Å²) in [5.74, 6) is -2.18. The van der Waals surface area contributed by atoms with Crippen LogP contribution in [0, 0.1) is 5.82 Å². The maximum Gasteiger partial charge on any atom is 0.334 e. The van der Waals surface area contributed by atoms with E-state index in [2.05, 4.69) is 0 Å². The Balaban J connectivity index is 1.86. The van der Waals surface area contributed by atoms with Crippen molar-refractivity contribution in [2.24, 2.45) is 0 Å². The van der Waals surface area contributed by atoms with Crippen molar-refractivity contribution < 1.29 is 23.5 Å². The van der Waals surface area contributed by atoms with E-state index in [1.807, 2.05) is 0 Å². The standard InChI is InChI=1S/C18H14ClFN2O4/c1-26-15-8-3-2-5-11(15)9-21-16(23)17(24)22(18(21)25)10-12-13(19)6-4-7-14(12)20/h2-8H,9-10H2,1H3. The summed E-state index contributed by atoms with van der Waals surface area (Å²) in [6, 6.07) is 10.0. The van der Waals surface area contributed by atoms with Gasteiger partial charge in [-0.1, -0.05) is 35.9 Å². The molecule has 134 valence electrons. The van der Waals surface area contributed by atoms with Crippen molar-refractivity contribution in [3.05, 3.63) is 64.4 Å². The number of nitrogens with zero attached hydrogens (tertiary/aromatic N) is 2. The number of carbonyl (C=O) groups excluding carboxylic acids is 3. The minimum Gasteiger partial charge on any atom is -0.496 e. The molecule has 1 fully saturated rings. The van der Waals surface area contributed by atoms with Gasteiger partial charge in [0.2, 0.25) is 0 Å². The van der Waals surface area contributed by atoms with E-state index in [4.69, 9.17) is 16.3 Å². The highest BCUT2D eigenvalue weighted by Gasteiger charge is 2.45. The molecule has 0 radical (unpaired) electrons. The minimum absolute atomic E-state index is 0.0252. The van der Waals surface area contributed by atoms with Crippen molar-refractivity contribution in [3.8, 4) is 5.75 Å². The van der Waals surface area contributed by atoms with E-state index in [1.54, 1.807) is 24.3 Å². The number of rotatable bonds is 5. The van der Waals surface area contributed by atoms with Crippen molar-refractivity contribution in [1.82, 2.24) is 9.80 Å². The zero-order chi connectivity index (χ0) is 18.8. The molecule has 0 saturated carbocycles. The first kappa shape index (κ1) is 17.9. The Hall–Kier alpha value is -2.93. The third-order valence-corrected chi connectivity index (χ3v) is 4.39. The number of carbonyl (C=O) groups is 3. The summed E-state index contributed by atoms with van der Waals surface area (Å²) < 4.78 is 19.1. The molecule has 0 aliphatic carbocycles. The van der Waals surface area contributed by atoms with Crippen LogP contribution in [0.5, 0.6) is 5.75 Å². The van der Waals surface area contributed by atoms with Crippen molar-refractivity contribution in [1.29, 1.82) is 0 Å². The average Bonchev–Trinajstić information content (AvgIpc) is 2.83. The zero-order valence-electron chi connectivity index (χ0n) is 13.7. The fourth-order valence-corrected chi connectivity index (χ4v) is 2.90. The number of hydrogen-bond acceptors (Lipinski definition) is 4. The van der Waals surface area contributed by atoms with E-state index in [0.717, 1.165) is 4.90 Å². The number of hydrogen-bond donors (Lipinski definition) is 0. The van der Waals surface area contributed by atoms with Crippen LogP contribution in [0.2, 0.25) is 5.02 Å². The Morgan fingerprint density at radius 1 is 0.962 bits per heavy atom. The number of amides is 4. The SMILES string of the molecule is COc1ccccc1CN1C(=O)C(=O)N(Cc2c(F)cccc2Cl)C1=O. The Morgan fingerprint density at radius 3 is 2.27 bits per heavy atom. The van der Waals surface area contributed by atoms with Crippen molar-refractivity contribution >= 4 is 29.4 Å². The molecule has 2 aromatic rings.